The molecule has 2 heterocycles. The Morgan fingerprint density at radius 3 is 2.65 bits per heavy atom. The topological polar surface area (TPSA) is 122 Å². The first-order valence-electron chi connectivity index (χ1n) is 10.0. The van der Waals surface area contributed by atoms with Gasteiger partial charge in [0.25, 0.3) is 0 Å². The molecule has 2 unspecified atom stereocenters. The molecule has 160 valence electrons. The van der Waals surface area contributed by atoms with Gasteiger partial charge in [-0.3, -0.25) is 0 Å². The van der Waals surface area contributed by atoms with E-state index in [1.807, 2.05) is 24.3 Å². The smallest absolute Gasteiger partial charge is 0.335 e. The van der Waals surface area contributed by atoms with Crippen LogP contribution in [-0.2, 0) is 4.74 Å². The molecule has 0 amide bonds. The highest BCUT2D eigenvalue weighted by Crippen LogP contribution is 2.37. The summed E-state index contributed by atoms with van der Waals surface area (Å²) in [4.78, 5) is 13.9. The number of rotatable bonds is 5. The molecule has 2 atom stereocenters. The number of carboxylic acid groups (broad SMARTS) is 1. The molecule has 1 aliphatic rings. The van der Waals surface area contributed by atoms with Crippen LogP contribution in [0.1, 0.15) is 28.3 Å². The molecule has 1 aliphatic heterocycles. The Bertz CT molecular complexity index is 1100. The number of nitrogens with zero attached hydrogens (tertiary/aromatic N) is 3. The third-order valence-electron chi connectivity index (χ3n) is 5.76. The van der Waals surface area contributed by atoms with E-state index >= 15 is 0 Å². The third kappa shape index (κ3) is 4.02. The highest BCUT2D eigenvalue weighted by atomic mass is 16.5. The third-order valence-corrected chi connectivity index (χ3v) is 5.76. The lowest BCUT2D eigenvalue weighted by atomic mass is 9.85. The van der Waals surface area contributed by atoms with Gasteiger partial charge in [0.1, 0.15) is 5.75 Å². The van der Waals surface area contributed by atoms with E-state index in [1.165, 1.54) is 0 Å². The van der Waals surface area contributed by atoms with E-state index in [2.05, 4.69) is 15.1 Å². The van der Waals surface area contributed by atoms with Crippen LogP contribution in [0.5, 0.6) is 5.75 Å². The number of carboxylic acids is 1. The Morgan fingerprint density at radius 2 is 1.90 bits per heavy atom. The molecule has 4 rings (SSSR count). The maximum atomic E-state index is 11.8. The first-order valence-corrected chi connectivity index (χ1v) is 10.0. The number of aromatic nitrogens is 2. The number of aromatic hydroxyl groups is 1. The molecular weight excluding hydrogens is 396 g/mol. The number of piperidine rings is 1. The standard InChI is InChI=1S/C23H24N4O4/c1-31-21-10-11-27(13-17(21)14-6-2-3-7-15(14)23(29)30)19-12-18(25-26-22(19)24)16-8-4-5-9-20(16)28/h2-9,12,17,21,28H,10-11,13H2,1H3,(H2,24,26)(H,29,30). The Hall–Kier alpha value is -3.65. The van der Waals surface area contributed by atoms with Crippen molar-refractivity contribution < 1.29 is 19.7 Å². The highest BCUT2D eigenvalue weighted by molar-refractivity contribution is 5.89. The molecule has 0 spiro atoms. The van der Waals surface area contributed by atoms with E-state index in [4.69, 9.17) is 10.5 Å². The molecule has 2 aromatic carbocycles. The zero-order chi connectivity index (χ0) is 22.0. The number of nitrogen functional groups attached to an aromatic ring is 1. The lowest BCUT2D eigenvalue weighted by Gasteiger charge is -2.40. The van der Waals surface area contributed by atoms with E-state index in [9.17, 15) is 15.0 Å². The monoisotopic (exact) mass is 420 g/mol. The largest absolute Gasteiger partial charge is 0.507 e. The summed E-state index contributed by atoms with van der Waals surface area (Å²) in [6.07, 6.45) is 0.577. The van der Waals surface area contributed by atoms with Crippen LogP contribution in [0.2, 0.25) is 0 Å². The molecule has 1 fully saturated rings. The molecule has 8 nitrogen and oxygen atoms in total. The predicted octanol–water partition coefficient (Wildman–Crippen LogP) is 3.14. The molecule has 1 saturated heterocycles. The number of hydrogen-bond donors (Lipinski definition) is 3. The van der Waals surface area contributed by atoms with Crippen molar-refractivity contribution in [3.8, 4) is 17.0 Å². The second-order valence-electron chi connectivity index (χ2n) is 7.52. The van der Waals surface area contributed by atoms with E-state index in [0.717, 1.165) is 5.56 Å². The Morgan fingerprint density at radius 1 is 1.16 bits per heavy atom. The maximum Gasteiger partial charge on any atom is 0.335 e. The molecular formula is C23H24N4O4. The van der Waals surface area contributed by atoms with E-state index in [0.29, 0.717) is 36.5 Å². The fourth-order valence-electron chi connectivity index (χ4n) is 4.21. The maximum absolute atomic E-state index is 11.8. The van der Waals surface area contributed by atoms with Crippen LogP contribution in [0.25, 0.3) is 11.3 Å². The van der Waals surface area contributed by atoms with Crippen molar-refractivity contribution in [2.75, 3.05) is 30.8 Å². The number of phenolic OH excluding ortho intramolecular Hbond substituents is 1. The zero-order valence-corrected chi connectivity index (χ0v) is 17.1. The summed E-state index contributed by atoms with van der Waals surface area (Å²) in [5.74, 6) is -0.735. The molecule has 0 bridgehead atoms. The minimum Gasteiger partial charge on any atom is -0.507 e. The molecule has 8 heteroatoms. The van der Waals surface area contributed by atoms with Gasteiger partial charge in [-0.2, -0.15) is 0 Å². The summed E-state index contributed by atoms with van der Waals surface area (Å²) in [7, 11) is 1.65. The van der Waals surface area contributed by atoms with Gasteiger partial charge in [-0.15, -0.1) is 10.2 Å². The van der Waals surface area contributed by atoms with Gasteiger partial charge in [-0.05, 0) is 36.2 Å². The van der Waals surface area contributed by atoms with Gasteiger partial charge in [0.15, 0.2) is 5.82 Å². The number of para-hydroxylation sites is 1. The van der Waals surface area contributed by atoms with Crippen molar-refractivity contribution in [3.05, 3.63) is 65.7 Å². The fourth-order valence-corrected chi connectivity index (χ4v) is 4.21. The molecule has 0 radical (unpaired) electrons. The van der Waals surface area contributed by atoms with Crippen molar-refractivity contribution >= 4 is 17.5 Å². The number of carbonyl (C=O) groups is 1. The number of aromatic carboxylic acids is 1. The summed E-state index contributed by atoms with van der Waals surface area (Å²) in [6, 6.07) is 15.7. The van der Waals surface area contributed by atoms with Gasteiger partial charge in [0.2, 0.25) is 0 Å². The van der Waals surface area contributed by atoms with Crippen LogP contribution in [0.15, 0.2) is 54.6 Å². The molecule has 1 aromatic heterocycles. The highest BCUT2D eigenvalue weighted by Gasteiger charge is 2.34. The normalized spacial score (nSPS) is 18.7. The van der Waals surface area contributed by atoms with Crippen molar-refractivity contribution in [1.82, 2.24) is 10.2 Å². The average Bonchev–Trinajstić information content (AvgIpc) is 2.79. The minimum atomic E-state index is -0.963. The molecule has 31 heavy (non-hydrogen) atoms. The lowest BCUT2D eigenvalue weighted by molar-refractivity contribution is 0.0619. The number of benzene rings is 2. The molecule has 0 aliphatic carbocycles. The number of anilines is 2. The molecule has 3 aromatic rings. The van der Waals surface area contributed by atoms with E-state index in [-0.39, 0.29) is 29.2 Å². The fraction of sp³-hybridized carbons (Fsp3) is 0.261. The van der Waals surface area contributed by atoms with Gasteiger partial charge >= 0.3 is 5.97 Å². The van der Waals surface area contributed by atoms with Crippen molar-refractivity contribution in [2.45, 2.75) is 18.4 Å². The van der Waals surface area contributed by atoms with Gasteiger partial charge in [-0.25, -0.2) is 4.79 Å². The summed E-state index contributed by atoms with van der Waals surface area (Å²) in [6.45, 7) is 1.18. The molecule has 0 saturated carbocycles. The van der Waals surface area contributed by atoms with Crippen molar-refractivity contribution in [3.63, 3.8) is 0 Å². The van der Waals surface area contributed by atoms with E-state index < -0.39 is 5.97 Å². The Kier molecular flexibility index (Phi) is 5.73. The predicted molar refractivity (Wildman–Crippen MR) is 117 cm³/mol. The van der Waals surface area contributed by atoms with Crippen LogP contribution in [-0.4, -0.2) is 52.7 Å². The minimum absolute atomic E-state index is 0.110. The quantitative estimate of drug-likeness (QED) is 0.575. The van der Waals surface area contributed by atoms with E-state index in [1.54, 1.807) is 37.4 Å². The van der Waals surface area contributed by atoms with Crippen LogP contribution in [0.4, 0.5) is 11.5 Å². The van der Waals surface area contributed by atoms with Crippen LogP contribution in [0.3, 0.4) is 0 Å². The molecule has 4 N–H and O–H groups in total. The van der Waals surface area contributed by atoms with Crippen LogP contribution >= 0.6 is 0 Å². The Balaban J connectivity index is 1.71. The van der Waals surface area contributed by atoms with Crippen molar-refractivity contribution in [1.29, 1.82) is 0 Å². The zero-order valence-electron chi connectivity index (χ0n) is 17.1. The SMILES string of the molecule is COC1CCN(c2cc(-c3ccccc3O)nnc2N)CC1c1ccccc1C(=O)O. The summed E-state index contributed by atoms with van der Waals surface area (Å²) >= 11 is 0. The number of nitrogens with two attached hydrogens (primary N) is 1. The van der Waals surface area contributed by atoms with Gasteiger partial charge in [0, 0.05) is 31.7 Å². The van der Waals surface area contributed by atoms with Gasteiger partial charge in [-0.1, -0.05) is 30.3 Å². The Labute approximate surface area is 179 Å². The van der Waals surface area contributed by atoms with Gasteiger partial charge in [0.05, 0.1) is 23.0 Å². The number of phenols is 1. The first-order chi connectivity index (χ1) is 15.0. The second kappa shape index (κ2) is 8.61. The average molecular weight is 420 g/mol. The lowest BCUT2D eigenvalue weighted by Crippen LogP contribution is -2.43. The summed E-state index contributed by atoms with van der Waals surface area (Å²) < 4.78 is 5.70. The van der Waals surface area contributed by atoms with Crippen LogP contribution in [0, 0.1) is 0 Å². The number of hydrogen-bond acceptors (Lipinski definition) is 7. The van der Waals surface area contributed by atoms with Crippen molar-refractivity contribution in [2.24, 2.45) is 0 Å². The number of methoxy groups -OCH3 is 1. The first kappa shape index (κ1) is 20.6. The summed E-state index contributed by atoms with van der Waals surface area (Å²) in [5, 5.41) is 28.1. The summed E-state index contributed by atoms with van der Waals surface area (Å²) in [5.41, 5.74) is 8.94. The van der Waals surface area contributed by atoms with Crippen LogP contribution < -0.4 is 10.6 Å². The van der Waals surface area contributed by atoms with Gasteiger partial charge < -0.3 is 25.6 Å². The number of ether oxygens (including phenoxy) is 1. The second-order valence-corrected chi connectivity index (χ2v) is 7.52.